The molecule has 1 rings (SSSR count). The largest absolute Gasteiger partial charge is 0.371 e. The predicted octanol–water partition coefficient (Wildman–Crippen LogP) is 2.10. The minimum absolute atomic E-state index is 0.557. The maximum absolute atomic E-state index is 6.04. The van der Waals surface area contributed by atoms with Crippen molar-refractivity contribution in [3.05, 3.63) is 46.2 Å². The molecule has 88 valence electrons. The Morgan fingerprint density at radius 1 is 1.31 bits per heavy atom. The summed E-state index contributed by atoms with van der Waals surface area (Å²) < 4.78 is 0. The van der Waals surface area contributed by atoms with Gasteiger partial charge >= 0.3 is 0 Å². The van der Waals surface area contributed by atoms with Gasteiger partial charge in [-0.05, 0) is 11.6 Å². The first-order chi connectivity index (χ1) is 7.65. The van der Waals surface area contributed by atoms with Gasteiger partial charge in [0.25, 0.3) is 0 Å². The van der Waals surface area contributed by atoms with Crippen LogP contribution in [0.3, 0.4) is 0 Å². The average Bonchev–Trinajstić information content (AvgIpc) is 2.28. The summed E-state index contributed by atoms with van der Waals surface area (Å²) >= 11 is 11.9. The molecule has 0 saturated carbocycles. The van der Waals surface area contributed by atoms with Crippen LogP contribution >= 0.6 is 23.2 Å². The van der Waals surface area contributed by atoms with Gasteiger partial charge in [0.15, 0.2) is 0 Å². The van der Waals surface area contributed by atoms with Crippen molar-refractivity contribution in [2.24, 2.45) is 5.73 Å². The second-order valence-electron chi connectivity index (χ2n) is 3.26. The highest BCUT2D eigenvalue weighted by Crippen LogP contribution is 2.25. The molecule has 0 atom stereocenters. The minimum Gasteiger partial charge on any atom is -0.371 e. The Kier molecular flexibility index (Phi) is 5.46. The van der Waals surface area contributed by atoms with Crippen molar-refractivity contribution in [3.8, 4) is 0 Å². The molecule has 0 fully saturated rings. The van der Waals surface area contributed by atoms with Crippen LogP contribution in [0.1, 0.15) is 5.56 Å². The molecule has 0 aliphatic heterocycles. The lowest BCUT2D eigenvalue weighted by Crippen LogP contribution is -2.29. The minimum atomic E-state index is 0.557. The first-order valence-electron chi connectivity index (χ1n) is 4.94. The van der Waals surface area contributed by atoms with E-state index in [1.165, 1.54) is 0 Å². The van der Waals surface area contributed by atoms with Gasteiger partial charge in [0.1, 0.15) is 0 Å². The smallest absolute Gasteiger partial charge is 0.0915 e. The Hall–Kier alpha value is -0.900. The molecule has 0 radical (unpaired) electrons. The topological polar surface area (TPSA) is 50.1 Å². The van der Waals surface area contributed by atoms with E-state index in [0.29, 0.717) is 29.7 Å². The van der Waals surface area contributed by atoms with E-state index in [9.17, 15) is 0 Å². The third-order valence-corrected chi connectivity index (χ3v) is 2.86. The molecular weight excluding hydrogens is 245 g/mol. The van der Waals surface area contributed by atoms with Crippen LogP contribution in [-0.4, -0.2) is 13.1 Å². The first kappa shape index (κ1) is 13.2. The van der Waals surface area contributed by atoms with Crippen LogP contribution in [0.15, 0.2) is 30.6 Å². The van der Waals surface area contributed by atoms with E-state index in [1.54, 1.807) is 6.07 Å². The second-order valence-corrected chi connectivity index (χ2v) is 4.05. The lowest BCUT2D eigenvalue weighted by atomic mass is 10.2. The monoisotopic (exact) mass is 259 g/mol. The number of rotatable bonds is 6. The van der Waals surface area contributed by atoms with Crippen LogP contribution in [0.4, 0.5) is 0 Å². The van der Waals surface area contributed by atoms with Crippen LogP contribution in [0.5, 0.6) is 0 Å². The fourth-order valence-corrected chi connectivity index (χ4v) is 1.56. The number of nitrogens with one attached hydrogen (secondary N) is 2. The zero-order chi connectivity index (χ0) is 12.0. The maximum Gasteiger partial charge on any atom is 0.0915 e. The molecule has 0 amide bonds. The zero-order valence-electron chi connectivity index (χ0n) is 8.89. The molecule has 1 aromatic rings. The van der Waals surface area contributed by atoms with Crippen LogP contribution in [0.25, 0.3) is 0 Å². The van der Waals surface area contributed by atoms with Crippen LogP contribution in [-0.2, 0) is 6.54 Å². The van der Waals surface area contributed by atoms with Gasteiger partial charge in [0, 0.05) is 19.6 Å². The van der Waals surface area contributed by atoms with Crippen molar-refractivity contribution in [1.29, 1.82) is 0 Å². The predicted molar refractivity (Wildman–Crippen MR) is 69.5 cm³/mol. The molecule has 3 nitrogen and oxygen atoms in total. The Morgan fingerprint density at radius 2 is 2.06 bits per heavy atom. The van der Waals surface area contributed by atoms with Crippen molar-refractivity contribution in [3.63, 3.8) is 0 Å². The summed E-state index contributed by atoms with van der Waals surface area (Å²) in [6.45, 7) is 5.64. The molecule has 0 aliphatic rings. The fourth-order valence-electron chi connectivity index (χ4n) is 1.17. The number of benzene rings is 1. The van der Waals surface area contributed by atoms with Crippen LogP contribution in [0.2, 0.25) is 10.0 Å². The van der Waals surface area contributed by atoms with E-state index < -0.39 is 0 Å². The molecule has 0 bridgehead atoms. The molecule has 0 heterocycles. The van der Waals surface area contributed by atoms with E-state index >= 15 is 0 Å². The molecule has 0 aromatic heterocycles. The van der Waals surface area contributed by atoms with E-state index in [0.717, 1.165) is 11.4 Å². The third kappa shape index (κ3) is 3.93. The number of nitrogens with two attached hydrogens (primary N) is 1. The van der Waals surface area contributed by atoms with Gasteiger partial charge in [-0.25, -0.2) is 0 Å². The molecular formula is C11H15Cl2N3. The summed E-state index contributed by atoms with van der Waals surface area (Å²) in [6.07, 6.45) is 0. The van der Waals surface area contributed by atoms with Gasteiger partial charge < -0.3 is 16.4 Å². The molecule has 0 spiro atoms. The van der Waals surface area contributed by atoms with Crippen molar-refractivity contribution in [2.75, 3.05) is 13.1 Å². The molecule has 16 heavy (non-hydrogen) atoms. The Balaban J connectivity index is 2.48. The van der Waals surface area contributed by atoms with Crippen LogP contribution in [0, 0.1) is 0 Å². The lowest BCUT2D eigenvalue weighted by Gasteiger charge is -2.12. The van der Waals surface area contributed by atoms with Gasteiger partial charge in [0.2, 0.25) is 0 Å². The molecule has 0 aliphatic carbocycles. The van der Waals surface area contributed by atoms with E-state index in [-0.39, 0.29) is 0 Å². The molecule has 5 heteroatoms. The quantitative estimate of drug-likeness (QED) is 0.734. The van der Waals surface area contributed by atoms with Gasteiger partial charge in [0.05, 0.1) is 15.9 Å². The first-order valence-corrected chi connectivity index (χ1v) is 5.70. The summed E-state index contributed by atoms with van der Waals surface area (Å²) in [6, 6.07) is 5.54. The number of halogens is 2. The summed E-state index contributed by atoms with van der Waals surface area (Å²) in [5.74, 6) is 0.724. The fraction of sp³-hybridized carbons (Fsp3) is 0.273. The normalized spacial score (nSPS) is 9.94. The molecule has 4 N–H and O–H groups in total. The van der Waals surface area contributed by atoms with Crippen molar-refractivity contribution in [2.45, 2.75) is 6.54 Å². The average molecular weight is 260 g/mol. The highest BCUT2D eigenvalue weighted by molar-refractivity contribution is 6.42. The maximum atomic E-state index is 6.04. The van der Waals surface area contributed by atoms with Gasteiger partial charge in [-0.1, -0.05) is 41.9 Å². The molecule has 1 aromatic carbocycles. The van der Waals surface area contributed by atoms with E-state index in [4.69, 9.17) is 28.9 Å². The third-order valence-electron chi connectivity index (χ3n) is 2.01. The Bertz CT molecular complexity index is 366. The van der Waals surface area contributed by atoms with Crippen molar-refractivity contribution >= 4 is 23.2 Å². The summed E-state index contributed by atoms with van der Waals surface area (Å²) in [7, 11) is 0. The van der Waals surface area contributed by atoms with Gasteiger partial charge in [-0.3, -0.25) is 0 Å². The zero-order valence-corrected chi connectivity index (χ0v) is 10.4. The number of hydrogen-bond donors (Lipinski definition) is 3. The van der Waals surface area contributed by atoms with Crippen LogP contribution < -0.4 is 16.4 Å². The Morgan fingerprint density at radius 3 is 2.75 bits per heavy atom. The van der Waals surface area contributed by atoms with Crippen molar-refractivity contribution in [1.82, 2.24) is 10.6 Å². The summed E-state index contributed by atoms with van der Waals surface area (Å²) in [5.41, 5.74) is 6.29. The summed E-state index contributed by atoms with van der Waals surface area (Å²) in [5, 5.41) is 7.26. The highest BCUT2D eigenvalue weighted by Gasteiger charge is 2.03. The lowest BCUT2D eigenvalue weighted by molar-refractivity contribution is 0.687. The number of hydrogen-bond acceptors (Lipinski definition) is 3. The van der Waals surface area contributed by atoms with E-state index in [1.807, 2.05) is 12.1 Å². The van der Waals surface area contributed by atoms with E-state index in [2.05, 4.69) is 17.2 Å². The Labute approximate surface area is 106 Å². The molecule has 0 unspecified atom stereocenters. The standard InChI is InChI=1S/C11H15Cl2N3/c1-8(15-6-5-14)16-7-9-3-2-4-10(12)11(9)13/h2-4,15-16H,1,5-7,14H2. The SMILES string of the molecule is C=C(NCCN)NCc1cccc(Cl)c1Cl. The highest BCUT2D eigenvalue weighted by atomic mass is 35.5. The second kappa shape index (κ2) is 6.63. The summed E-state index contributed by atoms with van der Waals surface area (Å²) in [4.78, 5) is 0. The van der Waals surface area contributed by atoms with Gasteiger partial charge in [-0.2, -0.15) is 0 Å². The van der Waals surface area contributed by atoms with Crippen molar-refractivity contribution < 1.29 is 0 Å². The van der Waals surface area contributed by atoms with Gasteiger partial charge in [-0.15, -0.1) is 0 Å². The molecule has 0 saturated heterocycles.